The molecule has 0 bridgehead atoms. The molecule has 8 heteroatoms. The van der Waals surface area contributed by atoms with E-state index in [1.807, 2.05) is 61.9 Å². The summed E-state index contributed by atoms with van der Waals surface area (Å²) in [7, 11) is 1.81. The van der Waals surface area contributed by atoms with Crippen LogP contribution >= 0.6 is 11.8 Å². The van der Waals surface area contributed by atoms with Gasteiger partial charge in [0.2, 0.25) is 0 Å². The molecule has 3 aromatic rings. The highest BCUT2D eigenvalue weighted by Gasteiger charge is 2.20. The van der Waals surface area contributed by atoms with Crippen LogP contribution in [0.1, 0.15) is 27.3 Å². The highest BCUT2D eigenvalue weighted by molar-refractivity contribution is 7.99. The fraction of sp³-hybridized carbons (Fsp3) is 0.250. The minimum absolute atomic E-state index is 0.0468. The van der Waals surface area contributed by atoms with Gasteiger partial charge in [0, 0.05) is 29.9 Å². The molecule has 3 rings (SSSR count). The average Bonchev–Trinajstić information content (AvgIpc) is 3.17. The van der Waals surface area contributed by atoms with Crippen LogP contribution in [0.4, 0.5) is 5.69 Å². The molecule has 0 saturated heterocycles. The van der Waals surface area contributed by atoms with E-state index in [9.17, 15) is 9.59 Å². The molecule has 28 heavy (non-hydrogen) atoms. The second-order valence-electron chi connectivity index (χ2n) is 6.50. The molecule has 1 amide bonds. The molecule has 0 aliphatic heterocycles. The van der Waals surface area contributed by atoms with Crippen LogP contribution in [-0.2, 0) is 17.6 Å². The predicted octanol–water partition coefficient (Wildman–Crippen LogP) is 3.40. The first-order valence-corrected chi connectivity index (χ1v) is 9.89. The van der Waals surface area contributed by atoms with Crippen molar-refractivity contribution in [2.75, 3.05) is 11.1 Å². The van der Waals surface area contributed by atoms with Crippen molar-refractivity contribution >= 4 is 29.3 Å². The van der Waals surface area contributed by atoms with E-state index in [0.29, 0.717) is 22.8 Å². The normalized spacial score (nSPS) is 10.8. The topological polar surface area (TPSA) is 89.2 Å². The lowest BCUT2D eigenvalue weighted by Gasteiger charge is -2.13. The van der Waals surface area contributed by atoms with Crippen LogP contribution in [0.5, 0.6) is 0 Å². The van der Waals surface area contributed by atoms with Crippen molar-refractivity contribution in [2.45, 2.75) is 19.6 Å². The van der Waals surface area contributed by atoms with Crippen LogP contribution in [0, 0.1) is 13.8 Å². The van der Waals surface area contributed by atoms with Gasteiger partial charge in [0.25, 0.3) is 5.91 Å². The van der Waals surface area contributed by atoms with E-state index in [0.717, 1.165) is 17.0 Å². The lowest BCUT2D eigenvalue weighted by Crippen LogP contribution is -2.16. The van der Waals surface area contributed by atoms with Crippen molar-refractivity contribution in [2.24, 2.45) is 7.05 Å². The highest BCUT2D eigenvalue weighted by atomic mass is 32.2. The van der Waals surface area contributed by atoms with Crippen molar-refractivity contribution in [1.29, 1.82) is 0 Å². The summed E-state index contributed by atoms with van der Waals surface area (Å²) in [5.41, 5.74) is 4.14. The van der Waals surface area contributed by atoms with Crippen LogP contribution in [-0.4, -0.2) is 37.1 Å². The number of carbonyl (C=O) groups excluding carboxylic acids is 1. The lowest BCUT2D eigenvalue weighted by molar-refractivity contribution is -0.133. The number of carboxylic acid groups (broad SMARTS) is 1. The van der Waals surface area contributed by atoms with Crippen LogP contribution in [0.3, 0.4) is 0 Å². The minimum Gasteiger partial charge on any atom is -0.481 e. The van der Waals surface area contributed by atoms with Crippen molar-refractivity contribution in [3.8, 4) is 5.82 Å². The van der Waals surface area contributed by atoms with E-state index in [4.69, 9.17) is 5.11 Å². The fourth-order valence-corrected chi connectivity index (χ4v) is 3.74. The number of aryl methyl sites for hydroxylation is 3. The minimum atomic E-state index is -0.839. The van der Waals surface area contributed by atoms with Gasteiger partial charge >= 0.3 is 5.97 Å². The zero-order chi connectivity index (χ0) is 20.3. The van der Waals surface area contributed by atoms with E-state index >= 15 is 0 Å². The summed E-state index contributed by atoms with van der Waals surface area (Å²) < 4.78 is 3.69. The molecule has 0 fully saturated rings. The molecular weight excluding hydrogens is 376 g/mol. The Labute approximate surface area is 167 Å². The summed E-state index contributed by atoms with van der Waals surface area (Å²) in [6.45, 7) is 3.97. The number of aliphatic carboxylic acids is 1. The number of thioether (sulfide) groups is 1. The molecule has 0 saturated carbocycles. The van der Waals surface area contributed by atoms with Gasteiger partial charge in [-0.2, -0.15) is 5.10 Å². The van der Waals surface area contributed by atoms with Crippen LogP contribution in [0.25, 0.3) is 5.82 Å². The van der Waals surface area contributed by atoms with Gasteiger partial charge in [-0.05, 0) is 43.7 Å². The Bertz CT molecular complexity index is 1000. The molecule has 0 atom stereocenters. The van der Waals surface area contributed by atoms with Gasteiger partial charge < -0.3 is 15.0 Å². The van der Waals surface area contributed by atoms with Crippen molar-refractivity contribution < 1.29 is 14.7 Å². The fourth-order valence-electron chi connectivity index (χ4n) is 3.05. The molecule has 0 aliphatic rings. The van der Waals surface area contributed by atoms with Crippen molar-refractivity contribution in [3.63, 3.8) is 0 Å². The molecule has 0 spiro atoms. The number of carbonyl (C=O) groups is 2. The predicted molar refractivity (Wildman–Crippen MR) is 110 cm³/mol. The van der Waals surface area contributed by atoms with Gasteiger partial charge in [0.05, 0.1) is 11.9 Å². The number of hydrogen-bond donors (Lipinski definition) is 2. The number of hydrogen-bond acceptors (Lipinski definition) is 4. The largest absolute Gasteiger partial charge is 0.481 e. The second-order valence-corrected chi connectivity index (χ2v) is 7.48. The molecule has 7 nitrogen and oxygen atoms in total. The van der Waals surface area contributed by atoms with E-state index in [-0.39, 0.29) is 11.7 Å². The van der Waals surface area contributed by atoms with Gasteiger partial charge in [-0.3, -0.25) is 14.3 Å². The van der Waals surface area contributed by atoms with E-state index in [1.54, 1.807) is 10.9 Å². The Hall–Kier alpha value is -3.00. The number of nitrogens with one attached hydrogen (secondary N) is 1. The van der Waals surface area contributed by atoms with Gasteiger partial charge in [-0.15, -0.1) is 11.8 Å². The average molecular weight is 398 g/mol. The van der Waals surface area contributed by atoms with Gasteiger partial charge in [-0.25, -0.2) is 0 Å². The Morgan fingerprint density at radius 2 is 1.89 bits per heavy atom. The number of rotatable bonds is 7. The zero-order valence-electron chi connectivity index (χ0n) is 16.0. The standard InChI is InChI=1S/C20H22N4O3S/c1-13-7-8-14(2)24(13)20-17(10-21-23(20)3)19(27)22-16-6-4-5-15(9-16)11-28-12-18(25)26/h4-10H,11-12H2,1-3H3,(H,22,27)(H,25,26). The molecule has 2 N–H and O–H groups in total. The lowest BCUT2D eigenvalue weighted by atomic mass is 10.2. The SMILES string of the molecule is Cc1ccc(C)n1-c1c(C(=O)Nc2cccc(CSCC(=O)O)c2)cnn1C. The number of benzene rings is 1. The second kappa shape index (κ2) is 8.35. The summed E-state index contributed by atoms with van der Waals surface area (Å²) in [6.07, 6.45) is 1.57. The van der Waals surface area contributed by atoms with Crippen molar-refractivity contribution in [3.05, 3.63) is 65.1 Å². The first kappa shape index (κ1) is 19.8. The van der Waals surface area contributed by atoms with E-state index < -0.39 is 5.97 Å². The van der Waals surface area contributed by atoms with Crippen molar-refractivity contribution in [1.82, 2.24) is 14.3 Å². The molecule has 0 aliphatic carbocycles. The molecule has 2 heterocycles. The number of aromatic nitrogens is 3. The summed E-state index contributed by atoms with van der Waals surface area (Å²) in [6, 6.07) is 11.4. The number of carboxylic acids is 1. The third-order valence-electron chi connectivity index (χ3n) is 4.31. The Kier molecular flexibility index (Phi) is 5.89. The monoisotopic (exact) mass is 398 g/mol. The number of nitrogens with zero attached hydrogens (tertiary/aromatic N) is 3. The molecule has 1 aromatic carbocycles. The summed E-state index contributed by atoms with van der Waals surface area (Å²) in [4.78, 5) is 23.6. The summed E-state index contributed by atoms with van der Waals surface area (Å²) >= 11 is 1.32. The molecule has 0 unspecified atom stereocenters. The number of amides is 1. The maximum atomic E-state index is 12.9. The Morgan fingerprint density at radius 3 is 2.57 bits per heavy atom. The Balaban J connectivity index is 1.81. The van der Waals surface area contributed by atoms with E-state index in [2.05, 4.69) is 10.4 Å². The van der Waals surface area contributed by atoms with Gasteiger partial charge in [0.1, 0.15) is 11.4 Å². The maximum absolute atomic E-state index is 12.9. The van der Waals surface area contributed by atoms with Gasteiger partial charge in [0.15, 0.2) is 0 Å². The van der Waals surface area contributed by atoms with Gasteiger partial charge in [-0.1, -0.05) is 12.1 Å². The van der Waals surface area contributed by atoms with Crippen LogP contribution < -0.4 is 5.32 Å². The van der Waals surface area contributed by atoms with Crippen LogP contribution in [0.15, 0.2) is 42.6 Å². The molecule has 146 valence electrons. The summed E-state index contributed by atoms with van der Waals surface area (Å²) in [5.74, 6) is 0.243. The quantitative estimate of drug-likeness (QED) is 0.637. The first-order valence-electron chi connectivity index (χ1n) is 8.74. The third-order valence-corrected chi connectivity index (χ3v) is 5.30. The first-order chi connectivity index (χ1) is 13.4. The molecule has 0 radical (unpaired) electrons. The Morgan fingerprint density at radius 1 is 1.18 bits per heavy atom. The summed E-state index contributed by atoms with van der Waals surface area (Å²) in [5, 5.41) is 15.9. The zero-order valence-corrected chi connectivity index (χ0v) is 16.8. The van der Waals surface area contributed by atoms with Crippen LogP contribution in [0.2, 0.25) is 0 Å². The smallest absolute Gasteiger partial charge is 0.313 e. The maximum Gasteiger partial charge on any atom is 0.313 e. The number of anilines is 1. The highest BCUT2D eigenvalue weighted by Crippen LogP contribution is 2.22. The molecular formula is C20H22N4O3S. The molecule has 2 aromatic heterocycles. The van der Waals surface area contributed by atoms with E-state index in [1.165, 1.54) is 11.8 Å². The third kappa shape index (κ3) is 4.28.